The minimum absolute atomic E-state index is 0.152. The van der Waals surface area contributed by atoms with Gasteiger partial charge in [-0.3, -0.25) is 4.79 Å². The highest BCUT2D eigenvalue weighted by Gasteiger charge is 2.15. The lowest BCUT2D eigenvalue weighted by Gasteiger charge is -2.16. The van der Waals surface area contributed by atoms with Crippen molar-refractivity contribution in [3.63, 3.8) is 0 Å². The highest BCUT2D eigenvalue weighted by molar-refractivity contribution is 6.29. The minimum Gasteiger partial charge on any atom is -0.478 e. The number of amides is 1. The van der Waals surface area contributed by atoms with Crippen LogP contribution in [0.25, 0.3) is 0 Å². The maximum Gasteiger partial charge on any atom is 0.335 e. The van der Waals surface area contributed by atoms with Crippen LogP contribution >= 0.6 is 11.6 Å². The number of anilines is 1. The fraction of sp³-hybridized carbons (Fsp3) is 0.0769. The Morgan fingerprint density at radius 2 is 1.75 bits per heavy atom. The van der Waals surface area contributed by atoms with Crippen molar-refractivity contribution in [3.05, 3.63) is 52.8 Å². The maximum absolute atomic E-state index is 12.1. The van der Waals surface area contributed by atoms with E-state index < -0.39 is 5.97 Å². The van der Waals surface area contributed by atoms with Crippen LogP contribution in [-0.4, -0.2) is 34.2 Å². The molecular weight excluding hydrogens is 282 g/mol. The molecule has 1 aromatic carbocycles. The third kappa shape index (κ3) is 2.92. The normalized spacial score (nSPS) is 10.1. The summed E-state index contributed by atoms with van der Waals surface area (Å²) in [5.74, 6) is -1.38. The first kappa shape index (κ1) is 14.0. The summed E-state index contributed by atoms with van der Waals surface area (Å²) < 4.78 is 0. The van der Waals surface area contributed by atoms with Crippen molar-refractivity contribution in [2.45, 2.75) is 0 Å². The maximum atomic E-state index is 12.1. The highest BCUT2D eigenvalue weighted by Crippen LogP contribution is 2.16. The van der Waals surface area contributed by atoms with Crippen LogP contribution in [0.3, 0.4) is 0 Å². The monoisotopic (exact) mass is 291 g/mol. The number of carbonyl (C=O) groups is 2. The van der Waals surface area contributed by atoms with E-state index in [-0.39, 0.29) is 22.3 Å². The number of hydrogen-bond acceptors (Lipinski definition) is 4. The molecule has 0 bridgehead atoms. The van der Waals surface area contributed by atoms with E-state index in [9.17, 15) is 9.59 Å². The van der Waals surface area contributed by atoms with Gasteiger partial charge in [0, 0.05) is 12.7 Å². The lowest BCUT2D eigenvalue weighted by Crippen LogP contribution is -2.27. The number of rotatable bonds is 3. The zero-order valence-corrected chi connectivity index (χ0v) is 11.2. The van der Waals surface area contributed by atoms with Gasteiger partial charge < -0.3 is 10.0 Å². The third-order valence-corrected chi connectivity index (χ3v) is 2.86. The Hall–Kier alpha value is -2.47. The Kier molecular flexibility index (Phi) is 3.95. The zero-order valence-electron chi connectivity index (χ0n) is 10.4. The van der Waals surface area contributed by atoms with Gasteiger partial charge in [0.25, 0.3) is 5.91 Å². The fourth-order valence-corrected chi connectivity index (χ4v) is 1.65. The van der Waals surface area contributed by atoms with Gasteiger partial charge in [-0.1, -0.05) is 11.6 Å². The lowest BCUT2D eigenvalue weighted by molar-refractivity contribution is 0.0696. The quantitative estimate of drug-likeness (QED) is 0.936. The summed E-state index contributed by atoms with van der Waals surface area (Å²) in [5.41, 5.74) is 0.858. The number of carboxylic acids is 1. The fourth-order valence-electron chi connectivity index (χ4n) is 1.55. The molecule has 0 fully saturated rings. The van der Waals surface area contributed by atoms with Crippen molar-refractivity contribution >= 4 is 29.2 Å². The van der Waals surface area contributed by atoms with Gasteiger partial charge in [-0.25, -0.2) is 4.79 Å². The molecule has 0 spiro atoms. The molecule has 0 radical (unpaired) electrons. The van der Waals surface area contributed by atoms with Crippen molar-refractivity contribution in [2.24, 2.45) is 0 Å². The standard InChI is InChI=1S/C13H10ClN3O3/c1-17(9-4-2-8(3-5-9)13(19)20)12(18)10-6-7-11(14)16-15-10/h2-7H,1H3,(H,19,20). The van der Waals surface area contributed by atoms with E-state index in [1.807, 2.05) is 0 Å². The number of benzene rings is 1. The summed E-state index contributed by atoms with van der Waals surface area (Å²) in [6, 6.07) is 8.89. The average Bonchev–Trinajstić information content (AvgIpc) is 2.46. The van der Waals surface area contributed by atoms with Crippen LogP contribution in [-0.2, 0) is 0 Å². The van der Waals surface area contributed by atoms with E-state index in [1.54, 1.807) is 19.2 Å². The van der Waals surface area contributed by atoms with Gasteiger partial charge in [-0.2, -0.15) is 0 Å². The van der Waals surface area contributed by atoms with Crippen molar-refractivity contribution in [1.29, 1.82) is 0 Å². The van der Waals surface area contributed by atoms with E-state index in [1.165, 1.54) is 29.2 Å². The summed E-state index contributed by atoms with van der Waals surface area (Å²) in [6.07, 6.45) is 0. The van der Waals surface area contributed by atoms with Gasteiger partial charge in [0.15, 0.2) is 10.8 Å². The largest absolute Gasteiger partial charge is 0.478 e. The first-order chi connectivity index (χ1) is 9.49. The van der Waals surface area contributed by atoms with E-state index >= 15 is 0 Å². The van der Waals surface area contributed by atoms with Crippen LogP contribution in [0.2, 0.25) is 5.15 Å². The molecule has 2 rings (SSSR count). The molecule has 1 heterocycles. The second-order valence-corrected chi connectivity index (χ2v) is 4.34. The van der Waals surface area contributed by atoms with Crippen LogP contribution in [0, 0.1) is 0 Å². The molecule has 0 atom stereocenters. The number of aromatic nitrogens is 2. The first-order valence-electron chi connectivity index (χ1n) is 5.59. The predicted molar refractivity (Wildman–Crippen MR) is 73.2 cm³/mol. The van der Waals surface area contributed by atoms with Gasteiger partial charge in [0.05, 0.1) is 5.56 Å². The number of carboxylic acid groups (broad SMARTS) is 1. The van der Waals surface area contributed by atoms with Crippen LogP contribution in [0.4, 0.5) is 5.69 Å². The zero-order chi connectivity index (χ0) is 14.7. The molecule has 7 heteroatoms. The first-order valence-corrected chi connectivity index (χ1v) is 5.97. The third-order valence-electron chi connectivity index (χ3n) is 2.66. The molecule has 0 saturated heterocycles. The average molecular weight is 292 g/mol. The Morgan fingerprint density at radius 1 is 1.10 bits per heavy atom. The molecule has 1 aromatic heterocycles. The highest BCUT2D eigenvalue weighted by atomic mass is 35.5. The van der Waals surface area contributed by atoms with E-state index in [4.69, 9.17) is 16.7 Å². The van der Waals surface area contributed by atoms with Crippen LogP contribution in [0.15, 0.2) is 36.4 Å². The van der Waals surface area contributed by atoms with Crippen LogP contribution in [0.1, 0.15) is 20.8 Å². The van der Waals surface area contributed by atoms with Crippen molar-refractivity contribution in [1.82, 2.24) is 10.2 Å². The summed E-state index contributed by atoms with van der Waals surface area (Å²) in [5, 5.41) is 16.3. The molecule has 0 saturated carbocycles. The Labute approximate surface area is 119 Å². The van der Waals surface area contributed by atoms with Gasteiger partial charge in [-0.15, -0.1) is 10.2 Å². The molecule has 2 aromatic rings. The van der Waals surface area contributed by atoms with E-state index in [0.29, 0.717) is 5.69 Å². The van der Waals surface area contributed by atoms with Gasteiger partial charge in [-0.05, 0) is 36.4 Å². The summed E-state index contributed by atoms with van der Waals surface area (Å²) >= 11 is 5.61. The van der Waals surface area contributed by atoms with Crippen LogP contribution in [0.5, 0.6) is 0 Å². The second kappa shape index (κ2) is 5.66. The summed E-state index contributed by atoms with van der Waals surface area (Å²) in [7, 11) is 1.56. The van der Waals surface area contributed by atoms with E-state index in [2.05, 4.69) is 10.2 Å². The van der Waals surface area contributed by atoms with Gasteiger partial charge >= 0.3 is 5.97 Å². The van der Waals surface area contributed by atoms with Crippen molar-refractivity contribution < 1.29 is 14.7 Å². The number of nitrogens with zero attached hydrogens (tertiary/aromatic N) is 3. The summed E-state index contributed by atoms with van der Waals surface area (Å²) in [6.45, 7) is 0. The SMILES string of the molecule is CN(C(=O)c1ccc(Cl)nn1)c1ccc(C(=O)O)cc1. The summed E-state index contributed by atoms with van der Waals surface area (Å²) in [4.78, 5) is 24.2. The lowest BCUT2D eigenvalue weighted by atomic mass is 10.2. The Morgan fingerprint density at radius 3 is 2.25 bits per heavy atom. The molecule has 0 aliphatic heterocycles. The molecule has 102 valence electrons. The molecule has 1 amide bonds. The Balaban J connectivity index is 2.22. The Bertz CT molecular complexity index is 641. The van der Waals surface area contributed by atoms with Crippen molar-refractivity contribution in [2.75, 3.05) is 11.9 Å². The van der Waals surface area contributed by atoms with Gasteiger partial charge in [0.1, 0.15) is 0 Å². The number of hydrogen-bond donors (Lipinski definition) is 1. The topological polar surface area (TPSA) is 83.4 Å². The minimum atomic E-state index is -1.02. The van der Waals surface area contributed by atoms with Crippen molar-refractivity contribution in [3.8, 4) is 0 Å². The van der Waals surface area contributed by atoms with Crippen LogP contribution < -0.4 is 4.90 Å². The molecule has 0 aliphatic rings. The predicted octanol–water partition coefficient (Wildman–Crippen LogP) is 2.10. The molecule has 0 aliphatic carbocycles. The molecule has 0 unspecified atom stereocenters. The smallest absolute Gasteiger partial charge is 0.335 e. The second-order valence-electron chi connectivity index (χ2n) is 3.96. The number of aromatic carboxylic acids is 1. The molecule has 6 nitrogen and oxygen atoms in total. The van der Waals surface area contributed by atoms with E-state index in [0.717, 1.165) is 0 Å². The number of carbonyl (C=O) groups excluding carboxylic acids is 1. The molecular formula is C13H10ClN3O3. The van der Waals surface area contributed by atoms with Gasteiger partial charge in [0.2, 0.25) is 0 Å². The molecule has 20 heavy (non-hydrogen) atoms. The number of halogens is 1. The molecule has 1 N–H and O–H groups in total.